The van der Waals surface area contributed by atoms with Gasteiger partial charge in [0.25, 0.3) is 0 Å². The van der Waals surface area contributed by atoms with Gasteiger partial charge in [-0.25, -0.2) is 0 Å². The van der Waals surface area contributed by atoms with Gasteiger partial charge in [0.05, 0.1) is 0 Å². The lowest BCUT2D eigenvalue weighted by molar-refractivity contribution is 0.299. The summed E-state index contributed by atoms with van der Waals surface area (Å²) in [5, 5.41) is 12.1. The van der Waals surface area contributed by atoms with E-state index in [1.807, 2.05) is 24.3 Å². The molecule has 0 fully saturated rings. The Balaban J connectivity index is 2.50. The first-order valence-corrected chi connectivity index (χ1v) is 5.06. The summed E-state index contributed by atoms with van der Waals surface area (Å²) in [6, 6.07) is 7.75. The van der Waals surface area contributed by atoms with Crippen molar-refractivity contribution in [2.75, 3.05) is 13.2 Å². The van der Waals surface area contributed by atoms with E-state index in [9.17, 15) is 0 Å². The van der Waals surface area contributed by atoms with Crippen LogP contribution in [0.15, 0.2) is 29.4 Å². The Labute approximate surface area is 94.5 Å². The number of aliphatic hydroxyl groups is 1. The second kappa shape index (κ2) is 7.36. The molecule has 4 nitrogen and oxygen atoms in total. The van der Waals surface area contributed by atoms with Crippen molar-refractivity contribution >= 4 is 0 Å². The molecular weight excluding hydrogens is 202 g/mol. The number of hydrogen-bond donors (Lipinski definition) is 1. The van der Waals surface area contributed by atoms with Crippen LogP contribution in [0.25, 0.3) is 10.4 Å². The third-order valence-corrected chi connectivity index (χ3v) is 1.99. The molecule has 16 heavy (non-hydrogen) atoms. The van der Waals surface area contributed by atoms with Crippen LogP contribution in [0.5, 0.6) is 0 Å². The molecule has 0 amide bonds. The molecule has 0 aliphatic heterocycles. The van der Waals surface area contributed by atoms with Crippen LogP contribution < -0.4 is 0 Å². The summed E-state index contributed by atoms with van der Waals surface area (Å²) >= 11 is 0. The fourth-order valence-electron chi connectivity index (χ4n) is 1.20. The van der Waals surface area contributed by atoms with Crippen molar-refractivity contribution in [3.05, 3.63) is 45.8 Å². The van der Waals surface area contributed by atoms with Crippen LogP contribution in [0.2, 0.25) is 0 Å². The lowest BCUT2D eigenvalue weighted by atomic mass is 10.1. The molecule has 0 bridgehead atoms. The molecule has 82 valence electrons. The third-order valence-electron chi connectivity index (χ3n) is 1.99. The van der Waals surface area contributed by atoms with Crippen LogP contribution in [0, 0.1) is 11.8 Å². The van der Waals surface area contributed by atoms with Gasteiger partial charge in [-0.15, -0.1) is 0 Å². The van der Waals surface area contributed by atoms with Gasteiger partial charge in [-0.05, 0) is 29.6 Å². The van der Waals surface area contributed by atoms with Gasteiger partial charge >= 0.3 is 0 Å². The monoisotopic (exact) mass is 215 g/mol. The summed E-state index contributed by atoms with van der Waals surface area (Å²) in [6.45, 7) is 0.573. The van der Waals surface area contributed by atoms with Crippen LogP contribution >= 0.6 is 0 Å². The Bertz CT molecular complexity index is 422. The standard InChI is InChI=1S/C12H13N3O/c13-15-14-9-2-1-3-11-4-6-12(7-5-11)8-10-16/h4-7,16H,2,8-10H2. The molecule has 0 unspecified atom stereocenters. The summed E-state index contributed by atoms with van der Waals surface area (Å²) in [5.41, 5.74) is 10.1. The molecule has 0 saturated carbocycles. The lowest BCUT2D eigenvalue weighted by Crippen LogP contribution is -1.89. The second-order valence-corrected chi connectivity index (χ2v) is 3.18. The van der Waals surface area contributed by atoms with Crippen LogP contribution in [0.3, 0.4) is 0 Å². The molecule has 4 heteroatoms. The first-order chi connectivity index (χ1) is 7.86. The highest BCUT2D eigenvalue weighted by molar-refractivity contribution is 5.36. The van der Waals surface area contributed by atoms with Crippen LogP contribution in [0.1, 0.15) is 17.5 Å². The van der Waals surface area contributed by atoms with Gasteiger partial charge < -0.3 is 5.11 Å². The molecule has 0 aromatic heterocycles. The predicted molar refractivity (Wildman–Crippen MR) is 62.7 cm³/mol. The van der Waals surface area contributed by atoms with E-state index in [-0.39, 0.29) is 6.61 Å². The van der Waals surface area contributed by atoms with Crippen molar-refractivity contribution in [3.63, 3.8) is 0 Å². The van der Waals surface area contributed by atoms with Crippen LogP contribution in [0.4, 0.5) is 0 Å². The summed E-state index contributed by atoms with van der Waals surface area (Å²) in [6.07, 6.45) is 1.24. The lowest BCUT2D eigenvalue weighted by Gasteiger charge is -1.97. The maximum absolute atomic E-state index is 8.75. The second-order valence-electron chi connectivity index (χ2n) is 3.18. The Morgan fingerprint density at radius 1 is 1.31 bits per heavy atom. The Kier molecular flexibility index (Phi) is 5.57. The fourth-order valence-corrected chi connectivity index (χ4v) is 1.20. The molecule has 1 aromatic carbocycles. The Morgan fingerprint density at radius 3 is 2.69 bits per heavy atom. The smallest absolute Gasteiger partial charge is 0.0471 e. The number of azide groups is 1. The minimum atomic E-state index is 0.164. The zero-order valence-electron chi connectivity index (χ0n) is 8.93. The van der Waals surface area contributed by atoms with Gasteiger partial charge in [0.1, 0.15) is 0 Å². The normalized spacial score (nSPS) is 8.81. The van der Waals surface area contributed by atoms with E-state index in [1.54, 1.807) is 0 Å². The van der Waals surface area contributed by atoms with Gasteiger partial charge in [0, 0.05) is 30.0 Å². The van der Waals surface area contributed by atoms with Crippen molar-refractivity contribution in [3.8, 4) is 11.8 Å². The largest absolute Gasteiger partial charge is 0.396 e. The molecular formula is C12H13N3O. The minimum absolute atomic E-state index is 0.164. The third kappa shape index (κ3) is 4.52. The summed E-state index contributed by atoms with van der Waals surface area (Å²) < 4.78 is 0. The van der Waals surface area contributed by atoms with E-state index >= 15 is 0 Å². The molecule has 1 N–H and O–H groups in total. The Morgan fingerprint density at radius 2 is 2.06 bits per heavy atom. The number of hydrogen-bond acceptors (Lipinski definition) is 2. The average molecular weight is 215 g/mol. The van der Waals surface area contributed by atoms with Crippen molar-refractivity contribution in [1.29, 1.82) is 0 Å². The zero-order chi connectivity index (χ0) is 11.6. The van der Waals surface area contributed by atoms with E-state index < -0.39 is 0 Å². The highest BCUT2D eigenvalue weighted by atomic mass is 16.2. The number of nitrogens with zero attached hydrogens (tertiary/aromatic N) is 3. The quantitative estimate of drug-likeness (QED) is 0.270. The van der Waals surface area contributed by atoms with Gasteiger partial charge in [-0.1, -0.05) is 29.1 Å². The van der Waals surface area contributed by atoms with Gasteiger partial charge in [0.15, 0.2) is 0 Å². The molecule has 0 saturated heterocycles. The van der Waals surface area contributed by atoms with Gasteiger partial charge in [0.2, 0.25) is 0 Å². The molecule has 0 heterocycles. The molecule has 0 aliphatic rings. The van der Waals surface area contributed by atoms with Crippen molar-refractivity contribution in [2.24, 2.45) is 5.11 Å². The first-order valence-electron chi connectivity index (χ1n) is 5.06. The van der Waals surface area contributed by atoms with Gasteiger partial charge in [-0.3, -0.25) is 0 Å². The SMILES string of the molecule is [N-]=[N+]=NCCC#Cc1ccc(CCO)cc1. The predicted octanol–water partition coefficient (Wildman–Crippen LogP) is 2.27. The van der Waals surface area contributed by atoms with E-state index in [0.29, 0.717) is 19.4 Å². The number of benzene rings is 1. The minimum Gasteiger partial charge on any atom is -0.396 e. The molecule has 0 aliphatic carbocycles. The van der Waals surface area contributed by atoms with Crippen molar-refractivity contribution in [1.82, 2.24) is 0 Å². The first kappa shape index (κ1) is 12.1. The average Bonchev–Trinajstić information content (AvgIpc) is 2.31. The topological polar surface area (TPSA) is 69.0 Å². The maximum atomic E-state index is 8.75. The van der Waals surface area contributed by atoms with Gasteiger partial charge in [-0.2, -0.15) is 0 Å². The Hall–Kier alpha value is -1.95. The highest BCUT2D eigenvalue weighted by Gasteiger charge is 1.91. The maximum Gasteiger partial charge on any atom is 0.0471 e. The summed E-state index contributed by atoms with van der Waals surface area (Å²) in [7, 11) is 0. The molecule has 0 radical (unpaired) electrons. The van der Waals surface area contributed by atoms with E-state index in [4.69, 9.17) is 10.6 Å². The molecule has 1 aromatic rings. The van der Waals surface area contributed by atoms with E-state index in [0.717, 1.165) is 11.1 Å². The van der Waals surface area contributed by atoms with Crippen LogP contribution in [-0.4, -0.2) is 18.3 Å². The van der Waals surface area contributed by atoms with Crippen LogP contribution in [-0.2, 0) is 6.42 Å². The fraction of sp³-hybridized carbons (Fsp3) is 0.333. The molecule has 0 atom stereocenters. The molecule has 1 rings (SSSR count). The van der Waals surface area contributed by atoms with Crippen molar-refractivity contribution < 1.29 is 5.11 Å². The number of rotatable bonds is 4. The highest BCUT2D eigenvalue weighted by Crippen LogP contribution is 2.03. The van der Waals surface area contributed by atoms with E-state index in [2.05, 4.69) is 21.9 Å². The summed E-state index contributed by atoms with van der Waals surface area (Å²) in [4.78, 5) is 2.65. The van der Waals surface area contributed by atoms with Crippen molar-refractivity contribution in [2.45, 2.75) is 12.8 Å². The van der Waals surface area contributed by atoms with E-state index in [1.165, 1.54) is 0 Å². The molecule has 0 spiro atoms. The summed E-state index contributed by atoms with van der Waals surface area (Å²) in [5.74, 6) is 5.90. The zero-order valence-corrected chi connectivity index (χ0v) is 8.93. The number of aliphatic hydroxyl groups excluding tert-OH is 1.